The number of halogens is 2. The van der Waals surface area contributed by atoms with E-state index in [-0.39, 0.29) is 41.2 Å². The van der Waals surface area contributed by atoms with Crippen LogP contribution in [0.2, 0.25) is 10.0 Å². The Kier molecular flexibility index (Phi) is 5.09. The van der Waals surface area contributed by atoms with E-state index in [1.54, 1.807) is 0 Å². The van der Waals surface area contributed by atoms with Gasteiger partial charge in [0.25, 0.3) is 0 Å². The lowest BCUT2D eigenvalue weighted by Crippen LogP contribution is -2.53. The summed E-state index contributed by atoms with van der Waals surface area (Å²) in [5, 5.41) is 0.471. The number of carbonyl (C=O) groups is 2. The maximum atomic E-state index is 12.7. The van der Waals surface area contributed by atoms with E-state index in [4.69, 9.17) is 23.2 Å². The Morgan fingerprint density at radius 1 is 1.04 bits per heavy atom. The number of rotatable bonds is 3. The van der Waals surface area contributed by atoms with Crippen molar-refractivity contribution < 1.29 is 18.0 Å². The maximum absolute atomic E-state index is 12.7. The molecule has 0 saturated carbocycles. The standard InChI is InChI=1S/C15H17Cl2N3O4S/c1-18-14(21)9-13(15(18)22)19-4-6-20(7-5-19)25(23,24)10-2-3-11(16)12(17)8-10/h2-3,8,13H,4-7,9H2,1H3/t13-/m1/s1. The van der Waals surface area contributed by atoms with E-state index in [0.29, 0.717) is 18.1 Å². The molecule has 0 aliphatic carbocycles. The predicted octanol–water partition coefficient (Wildman–Crippen LogP) is 1.06. The van der Waals surface area contributed by atoms with E-state index < -0.39 is 16.1 Å². The Morgan fingerprint density at radius 2 is 1.68 bits per heavy atom. The smallest absolute Gasteiger partial charge is 0.246 e. The molecule has 1 atom stereocenters. The number of piperazine rings is 1. The fraction of sp³-hybridized carbons (Fsp3) is 0.467. The number of hydrogen-bond donors (Lipinski definition) is 0. The summed E-state index contributed by atoms with van der Waals surface area (Å²) in [5.41, 5.74) is 0. The highest BCUT2D eigenvalue weighted by Crippen LogP contribution is 2.27. The highest BCUT2D eigenvalue weighted by molar-refractivity contribution is 7.89. The van der Waals surface area contributed by atoms with Gasteiger partial charge in [0.1, 0.15) is 0 Å². The second-order valence-electron chi connectivity index (χ2n) is 6.03. The second-order valence-corrected chi connectivity index (χ2v) is 8.78. The Labute approximate surface area is 156 Å². The molecule has 7 nitrogen and oxygen atoms in total. The molecule has 25 heavy (non-hydrogen) atoms. The number of sulfonamides is 1. The Balaban J connectivity index is 1.70. The minimum Gasteiger partial charge on any atom is -0.289 e. The normalized spacial score (nSPS) is 23.5. The van der Waals surface area contributed by atoms with Gasteiger partial charge in [-0.25, -0.2) is 8.42 Å². The molecule has 2 saturated heterocycles. The van der Waals surface area contributed by atoms with Crippen molar-refractivity contribution in [3.8, 4) is 0 Å². The number of amides is 2. The molecule has 0 unspecified atom stereocenters. The van der Waals surface area contributed by atoms with Gasteiger partial charge in [0.15, 0.2) is 0 Å². The molecular formula is C15H17Cl2N3O4S. The van der Waals surface area contributed by atoms with Crippen LogP contribution in [0.15, 0.2) is 23.1 Å². The average molecular weight is 406 g/mol. The van der Waals surface area contributed by atoms with Crippen molar-refractivity contribution in [2.75, 3.05) is 33.2 Å². The van der Waals surface area contributed by atoms with Crippen LogP contribution in [0, 0.1) is 0 Å². The first-order valence-electron chi connectivity index (χ1n) is 7.71. The van der Waals surface area contributed by atoms with Crippen LogP contribution in [0.3, 0.4) is 0 Å². The summed E-state index contributed by atoms with van der Waals surface area (Å²) >= 11 is 11.7. The van der Waals surface area contributed by atoms with Gasteiger partial charge in [-0.05, 0) is 18.2 Å². The predicted molar refractivity (Wildman–Crippen MR) is 93.0 cm³/mol. The number of hydrogen-bond acceptors (Lipinski definition) is 5. The van der Waals surface area contributed by atoms with Crippen molar-refractivity contribution in [3.63, 3.8) is 0 Å². The van der Waals surface area contributed by atoms with Crippen molar-refractivity contribution in [1.82, 2.24) is 14.1 Å². The zero-order valence-electron chi connectivity index (χ0n) is 13.5. The number of benzene rings is 1. The van der Waals surface area contributed by atoms with Gasteiger partial charge in [0.05, 0.1) is 27.4 Å². The molecule has 2 heterocycles. The monoisotopic (exact) mass is 405 g/mol. The van der Waals surface area contributed by atoms with Crippen molar-refractivity contribution >= 4 is 45.0 Å². The number of likely N-dealkylation sites (tertiary alicyclic amines) is 1. The fourth-order valence-corrected chi connectivity index (χ4v) is 4.88. The molecule has 10 heteroatoms. The molecule has 0 radical (unpaired) electrons. The zero-order chi connectivity index (χ0) is 18.4. The van der Waals surface area contributed by atoms with E-state index >= 15 is 0 Å². The second kappa shape index (κ2) is 6.85. The van der Waals surface area contributed by atoms with Crippen molar-refractivity contribution in [1.29, 1.82) is 0 Å². The molecule has 0 spiro atoms. The number of imide groups is 1. The summed E-state index contributed by atoms with van der Waals surface area (Å²) < 4.78 is 26.8. The van der Waals surface area contributed by atoms with Crippen LogP contribution in [0.4, 0.5) is 0 Å². The maximum Gasteiger partial charge on any atom is 0.246 e. The highest BCUT2D eigenvalue weighted by atomic mass is 35.5. The Bertz CT molecular complexity index is 822. The van der Waals surface area contributed by atoms with Crippen molar-refractivity contribution in [2.24, 2.45) is 0 Å². The molecule has 2 aliphatic rings. The van der Waals surface area contributed by atoms with Gasteiger partial charge in [0.2, 0.25) is 21.8 Å². The van der Waals surface area contributed by atoms with Gasteiger partial charge < -0.3 is 0 Å². The third-order valence-corrected chi connectivity index (χ3v) is 7.23. The third kappa shape index (κ3) is 3.41. The molecule has 3 rings (SSSR count). The molecule has 0 aromatic heterocycles. The first-order chi connectivity index (χ1) is 11.7. The lowest BCUT2D eigenvalue weighted by Gasteiger charge is -2.36. The quantitative estimate of drug-likeness (QED) is 0.702. The van der Waals surface area contributed by atoms with Crippen molar-refractivity contribution in [2.45, 2.75) is 17.4 Å². The third-order valence-electron chi connectivity index (χ3n) is 4.60. The van der Waals surface area contributed by atoms with Gasteiger partial charge in [-0.2, -0.15) is 4.31 Å². The SMILES string of the molecule is CN1C(=O)C[C@@H](N2CCN(S(=O)(=O)c3ccc(Cl)c(Cl)c3)CC2)C1=O. The van der Waals surface area contributed by atoms with Crippen LogP contribution < -0.4 is 0 Å². The van der Waals surface area contributed by atoms with Crippen LogP contribution in [-0.2, 0) is 19.6 Å². The van der Waals surface area contributed by atoms with E-state index in [1.165, 1.54) is 29.6 Å². The van der Waals surface area contributed by atoms with Crippen molar-refractivity contribution in [3.05, 3.63) is 28.2 Å². The van der Waals surface area contributed by atoms with E-state index in [0.717, 1.165) is 4.90 Å². The van der Waals surface area contributed by atoms with Crippen LogP contribution in [0.5, 0.6) is 0 Å². The Morgan fingerprint density at radius 3 is 2.20 bits per heavy atom. The van der Waals surface area contributed by atoms with Gasteiger partial charge >= 0.3 is 0 Å². The lowest BCUT2D eigenvalue weighted by molar-refractivity contribution is -0.138. The summed E-state index contributed by atoms with van der Waals surface area (Å²) in [6.07, 6.45) is 0.148. The average Bonchev–Trinajstić information content (AvgIpc) is 2.85. The number of nitrogens with zero attached hydrogens (tertiary/aromatic N) is 3. The molecule has 136 valence electrons. The molecular weight excluding hydrogens is 389 g/mol. The lowest BCUT2D eigenvalue weighted by atomic mass is 10.2. The van der Waals surface area contributed by atoms with Gasteiger partial charge in [0, 0.05) is 33.2 Å². The minimum atomic E-state index is -3.68. The van der Waals surface area contributed by atoms with Crippen LogP contribution in [-0.4, -0.2) is 73.6 Å². The Hall–Kier alpha value is -1.19. The van der Waals surface area contributed by atoms with Crippen LogP contribution in [0.25, 0.3) is 0 Å². The molecule has 2 amide bonds. The first-order valence-corrected chi connectivity index (χ1v) is 9.91. The summed E-state index contributed by atoms with van der Waals surface area (Å²) in [4.78, 5) is 26.8. The fourth-order valence-electron chi connectivity index (χ4n) is 3.06. The van der Waals surface area contributed by atoms with Gasteiger partial charge in [-0.15, -0.1) is 0 Å². The molecule has 0 N–H and O–H groups in total. The zero-order valence-corrected chi connectivity index (χ0v) is 15.8. The molecule has 1 aromatic rings. The van der Waals surface area contributed by atoms with Gasteiger partial charge in [-0.3, -0.25) is 19.4 Å². The van der Waals surface area contributed by atoms with E-state index in [9.17, 15) is 18.0 Å². The molecule has 2 aliphatic heterocycles. The summed E-state index contributed by atoms with van der Waals surface area (Å²) in [6.45, 7) is 1.25. The number of carbonyl (C=O) groups excluding carboxylic acids is 2. The topological polar surface area (TPSA) is 78.0 Å². The summed E-state index contributed by atoms with van der Waals surface area (Å²) in [7, 11) is -2.21. The minimum absolute atomic E-state index is 0.0854. The largest absolute Gasteiger partial charge is 0.289 e. The number of likely N-dealkylation sites (N-methyl/N-ethyl adjacent to an activating group) is 1. The molecule has 1 aromatic carbocycles. The van der Waals surface area contributed by atoms with E-state index in [2.05, 4.69) is 0 Å². The summed E-state index contributed by atoms with van der Waals surface area (Å²) in [5.74, 6) is -0.438. The van der Waals surface area contributed by atoms with Gasteiger partial charge in [-0.1, -0.05) is 23.2 Å². The highest BCUT2D eigenvalue weighted by Gasteiger charge is 2.41. The molecule has 2 fully saturated rings. The van der Waals surface area contributed by atoms with E-state index in [1.807, 2.05) is 4.90 Å². The molecule has 0 bridgehead atoms. The first kappa shape index (κ1) is 18.6. The van der Waals surface area contributed by atoms with Crippen LogP contribution in [0.1, 0.15) is 6.42 Å². The van der Waals surface area contributed by atoms with Crippen LogP contribution >= 0.6 is 23.2 Å². The summed E-state index contributed by atoms with van der Waals surface area (Å²) in [6, 6.07) is 3.71.